The smallest absolute Gasteiger partial charge is 0.243 e. The van der Waals surface area contributed by atoms with Crippen molar-refractivity contribution < 1.29 is 13.2 Å². The fraction of sp³-hybridized carbons (Fsp3) is 0.278. The molecule has 0 saturated heterocycles. The van der Waals surface area contributed by atoms with E-state index in [0.29, 0.717) is 16.3 Å². The van der Waals surface area contributed by atoms with Crippen LogP contribution in [0, 0.1) is 11.3 Å². The minimum atomic E-state index is -3.67. The summed E-state index contributed by atoms with van der Waals surface area (Å²) in [5.74, 6) is 0.602. The highest BCUT2D eigenvalue weighted by atomic mass is 35.5. The van der Waals surface area contributed by atoms with E-state index < -0.39 is 10.0 Å². The van der Waals surface area contributed by atoms with Crippen LogP contribution < -0.4 is 4.74 Å². The summed E-state index contributed by atoms with van der Waals surface area (Å²) in [6, 6.07) is 13.1. The number of benzene rings is 2. The van der Waals surface area contributed by atoms with Crippen molar-refractivity contribution in [1.29, 1.82) is 5.26 Å². The first kappa shape index (κ1) is 17.7. The second-order valence-corrected chi connectivity index (χ2v) is 8.20. The van der Waals surface area contributed by atoms with Crippen molar-refractivity contribution in [3.8, 4) is 11.8 Å². The van der Waals surface area contributed by atoms with Crippen LogP contribution in [0.1, 0.15) is 24.0 Å². The number of halogens is 1. The van der Waals surface area contributed by atoms with Gasteiger partial charge in [0.25, 0.3) is 0 Å². The number of hydrogen-bond acceptors (Lipinski definition) is 4. The molecule has 0 aromatic heterocycles. The molecule has 0 atom stereocenters. The average molecular weight is 377 g/mol. The summed E-state index contributed by atoms with van der Waals surface area (Å²) in [5, 5.41) is 9.41. The van der Waals surface area contributed by atoms with E-state index in [1.807, 2.05) is 6.07 Å². The maximum absolute atomic E-state index is 13.1. The lowest BCUT2D eigenvalue weighted by Crippen LogP contribution is -2.32. The molecule has 2 aromatic carbocycles. The Hall–Kier alpha value is -2.07. The maximum Gasteiger partial charge on any atom is 0.243 e. The SMILES string of the molecule is COc1ccc(Cl)cc1CN(C1CC1)S(=O)(=O)c1ccc(C#N)cc1. The van der Waals surface area contributed by atoms with E-state index in [9.17, 15) is 8.42 Å². The molecule has 1 fully saturated rings. The lowest BCUT2D eigenvalue weighted by atomic mass is 10.2. The summed E-state index contributed by atoms with van der Waals surface area (Å²) in [5.41, 5.74) is 1.15. The van der Waals surface area contributed by atoms with E-state index in [-0.39, 0.29) is 17.5 Å². The largest absolute Gasteiger partial charge is 0.496 e. The Morgan fingerprint density at radius 2 is 1.92 bits per heavy atom. The summed E-state index contributed by atoms with van der Waals surface area (Å²) in [4.78, 5) is 0.180. The molecule has 0 unspecified atom stereocenters. The highest BCUT2D eigenvalue weighted by Crippen LogP contribution is 2.35. The molecule has 0 amide bonds. The first-order chi connectivity index (χ1) is 12.0. The van der Waals surface area contributed by atoms with Gasteiger partial charge in [0.1, 0.15) is 5.75 Å². The predicted octanol–water partition coefficient (Wildman–Crippen LogP) is 3.57. The Kier molecular flexibility index (Phi) is 5.00. The number of nitrogens with zero attached hydrogens (tertiary/aromatic N) is 2. The Bertz CT molecular complexity index is 916. The van der Waals surface area contributed by atoms with Gasteiger partial charge in [-0.05, 0) is 55.3 Å². The van der Waals surface area contributed by atoms with Crippen LogP contribution in [0.3, 0.4) is 0 Å². The Morgan fingerprint density at radius 3 is 2.48 bits per heavy atom. The molecule has 3 rings (SSSR count). The summed E-state index contributed by atoms with van der Waals surface area (Å²) in [7, 11) is -2.13. The van der Waals surface area contributed by atoms with Crippen LogP contribution in [0.4, 0.5) is 0 Å². The van der Waals surface area contributed by atoms with Crippen LogP contribution >= 0.6 is 11.6 Å². The number of ether oxygens (including phenoxy) is 1. The predicted molar refractivity (Wildman–Crippen MR) is 94.9 cm³/mol. The summed E-state index contributed by atoms with van der Waals surface area (Å²) in [6.45, 7) is 0.191. The van der Waals surface area contributed by atoms with E-state index in [1.165, 1.54) is 28.6 Å². The van der Waals surface area contributed by atoms with Gasteiger partial charge in [-0.2, -0.15) is 9.57 Å². The molecular formula is C18H17ClN2O3S. The third kappa shape index (κ3) is 3.79. The van der Waals surface area contributed by atoms with Gasteiger partial charge >= 0.3 is 0 Å². The van der Waals surface area contributed by atoms with Gasteiger partial charge in [-0.3, -0.25) is 0 Å². The number of sulfonamides is 1. The summed E-state index contributed by atoms with van der Waals surface area (Å²) in [6.07, 6.45) is 1.66. The monoisotopic (exact) mass is 376 g/mol. The molecule has 25 heavy (non-hydrogen) atoms. The molecule has 2 aromatic rings. The highest BCUT2D eigenvalue weighted by molar-refractivity contribution is 7.89. The summed E-state index contributed by atoms with van der Waals surface area (Å²) < 4.78 is 33.0. The lowest BCUT2D eigenvalue weighted by Gasteiger charge is -2.23. The van der Waals surface area contributed by atoms with Crippen molar-refractivity contribution >= 4 is 21.6 Å². The van der Waals surface area contributed by atoms with Crippen LogP contribution in [0.5, 0.6) is 5.75 Å². The fourth-order valence-electron chi connectivity index (χ4n) is 2.65. The zero-order valence-electron chi connectivity index (χ0n) is 13.6. The van der Waals surface area contributed by atoms with Gasteiger partial charge in [-0.1, -0.05) is 11.6 Å². The van der Waals surface area contributed by atoms with Crippen molar-refractivity contribution in [3.05, 3.63) is 58.6 Å². The molecule has 0 aliphatic heterocycles. The zero-order valence-corrected chi connectivity index (χ0v) is 15.2. The standard InChI is InChI=1S/C18H17ClN2O3S/c1-24-18-9-4-15(19)10-14(18)12-21(16-5-6-16)25(22,23)17-7-2-13(11-20)3-8-17/h2-4,7-10,16H,5-6,12H2,1H3. The molecular weight excluding hydrogens is 360 g/mol. The average Bonchev–Trinajstić information content (AvgIpc) is 3.44. The molecule has 7 heteroatoms. The topological polar surface area (TPSA) is 70.4 Å². The first-order valence-corrected chi connectivity index (χ1v) is 9.62. The van der Waals surface area contributed by atoms with Crippen molar-refractivity contribution in [3.63, 3.8) is 0 Å². The minimum Gasteiger partial charge on any atom is -0.496 e. The minimum absolute atomic E-state index is 0.0238. The third-order valence-corrected chi connectivity index (χ3v) is 6.26. The Balaban J connectivity index is 1.96. The number of methoxy groups -OCH3 is 1. The molecule has 0 N–H and O–H groups in total. The highest BCUT2D eigenvalue weighted by Gasteiger charge is 2.38. The van der Waals surface area contributed by atoms with Crippen LogP contribution in [-0.4, -0.2) is 25.9 Å². The number of hydrogen-bond donors (Lipinski definition) is 0. The van der Waals surface area contributed by atoms with Crippen molar-refractivity contribution in [2.24, 2.45) is 0 Å². The second-order valence-electron chi connectivity index (χ2n) is 5.87. The molecule has 1 aliphatic rings. The van der Waals surface area contributed by atoms with E-state index >= 15 is 0 Å². The Morgan fingerprint density at radius 1 is 1.24 bits per heavy atom. The van der Waals surface area contributed by atoms with Crippen molar-refractivity contribution in [1.82, 2.24) is 4.31 Å². The molecule has 0 radical (unpaired) electrons. The van der Waals surface area contributed by atoms with Gasteiger partial charge in [-0.25, -0.2) is 8.42 Å². The molecule has 1 aliphatic carbocycles. The third-order valence-electron chi connectivity index (χ3n) is 4.11. The van der Waals surface area contributed by atoms with E-state index in [2.05, 4.69) is 0 Å². The Labute approximate surface area is 152 Å². The van der Waals surface area contributed by atoms with Crippen molar-refractivity contribution in [2.75, 3.05) is 7.11 Å². The quantitative estimate of drug-likeness (QED) is 0.772. The van der Waals surface area contributed by atoms with Gasteiger partial charge < -0.3 is 4.74 Å². The van der Waals surface area contributed by atoms with E-state index in [4.69, 9.17) is 21.6 Å². The molecule has 5 nitrogen and oxygen atoms in total. The molecule has 0 spiro atoms. The normalized spacial score (nSPS) is 14.3. The first-order valence-electron chi connectivity index (χ1n) is 7.80. The van der Waals surface area contributed by atoms with Crippen LogP contribution in [-0.2, 0) is 16.6 Å². The van der Waals surface area contributed by atoms with E-state index in [0.717, 1.165) is 18.4 Å². The van der Waals surface area contributed by atoms with Crippen LogP contribution in [0.15, 0.2) is 47.4 Å². The van der Waals surface area contributed by atoms with Crippen LogP contribution in [0.2, 0.25) is 5.02 Å². The van der Waals surface area contributed by atoms with E-state index in [1.54, 1.807) is 25.3 Å². The van der Waals surface area contributed by atoms with Gasteiger partial charge in [-0.15, -0.1) is 0 Å². The molecule has 1 saturated carbocycles. The van der Waals surface area contributed by atoms with Crippen LogP contribution in [0.25, 0.3) is 0 Å². The number of rotatable bonds is 6. The van der Waals surface area contributed by atoms with Gasteiger partial charge in [0, 0.05) is 23.2 Å². The molecule has 0 bridgehead atoms. The lowest BCUT2D eigenvalue weighted by molar-refractivity contribution is 0.374. The van der Waals surface area contributed by atoms with Gasteiger partial charge in [0.05, 0.1) is 23.6 Å². The number of nitriles is 1. The summed E-state index contributed by atoms with van der Waals surface area (Å²) >= 11 is 6.06. The maximum atomic E-state index is 13.1. The molecule has 0 heterocycles. The van der Waals surface area contributed by atoms with Gasteiger partial charge in [0.2, 0.25) is 10.0 Å². The zero-order chi connectivity index (χ0) is 18.0. The second kappa shape index (κ2) is 7.04. The van der Waals surface area contributed by atoms with Crippen molar-refractivity contribution in [2.45, 2.75) is 30.3 Å². The fourth-order valence-corrected chi connectivity index (χ4v) is 4.51. The van der Waals surface area contributed by atoms with Gasteiger partial charge in [0.15, 0.2) is 0 Å². The molecule has 130 valence electrons.